The lowest BCUT2D eigenvalue weighted by molar-refractivity contribution is -0.432. The summed E-state index contributed by atoms with van der Waals surface area (Å²) in [6, 6.07) is 0. The fourth-order valence-corrected chi connectivity index (χ4v) is 13.9. The second-order valence-corrected chi connectivity index (χ2v) is 21.0. The molecule has 53 heavy (non-hydrogen) atoms. The molecule has 0 spiro atoms. The van der Waals surface area contributed by atoms with Crippen LogP contribution in [0.15, 0.2) is 0 Å². The fourth-order valence-electron chi connectivity index (χ4n) is 12.1. The molecule has 0 aliphatic heterocycles. The average molecular weight is 787 g/mol. The summed E-state index contributed by atoms with van der Waals surface area (Å²) in [5, 5.41) is 11.9. The van der Waals surface area contributed by atoms with E-state index in [1.54, 1.807) is 0 Å². The van der Waals surface area contributed by atoms with E-state index in [-0.39, 0.29) is 41.5 Å². The quantitative estimate of drug-likeness (QED) is 0.0754. The summed E-state index contributed by atoms with van der Waals surface area (Å²) in [7, 11) is -2.29. The number of Topliss-reactive ketones (excluding diaryl/α,β-unsaturated/α-hetero) is 1. The Hall–Kier alpha value is -0.310. The second-order valence-electron chi connectivity index (χ2n) is 18.4. The highest BCUT2D eigenvalue weighted by Crippen LogP contribution is 2.57. The first-order valence-electron chi connectivity index (χ1n) is 21.4. The average Bonchev–Trinajstić information content (AvgIpc) is 3.18. The molecule has 6 aliphatic rings. The van der Waals surface area contributed by atoms with E-state index in [0.29, 0.717) is 68.2 Å². The van der Waals surface area contributed by atoms with Crippen LogP contribution in [-0.2, 0) is 38.5 Å². The van der Waals surface area contributed by atoms with E-state index >= 15 is 0 Å². The number of ketones is 1. The molecule has 6 aliphatic carbocycles. The van der Waals surface area contributed by atoms with E-state index in [1.165, 1.54) is 89.9 Å². The van der Waals surface area contributed by atoms with E-state index in [2.05, 4.69) is 18.9 Å². The first kappa shape index (κ1) is 42.3. The third kappa shape index (κ3) is 10.8. The van der Waals surface area contributed by atoms with Crippen LogP contribution in [-0.4, -0.2) is 72.1 Å². The Morgan fingerprint density at radius 2 is 1.17 bits per heavy atom. The Balaban J connectivity index is 1.04. The molecule has 0 aromatic rings. The van der Waals surface area contributed by atoms with E-state index in [0.717, 1.165) is 42.6 Å². The van der Waals surface area contributed by atoms with E-state index in [1.807, 2.05) is 7.11 Å². The number of hydrogen-bond donors (Lipinski definition) is 2. The number of carbonyl (C=O) groups is 1. The van der Waals surface area contributed by atoms with Gasteiger partial charge in [-0.15, -0.1) is 4.33 Å². The third-order valence-corrected chi connectivity index (χ3v) is 17.6. The first-order chi connectivity index (χ1) is 25.5. The molecule has 0 radical (unpaired) electrons. The van der Waals surface area contributed by atoms with Gasteiger partial charge in [0.1, 0.15) is 5.78 Å². The number of carbonyl (C=O) groups excluding carboxylic acids is 1. The van der Waals surface area contributed by atoms with Crippen LogP contribution < -0.4 is 0 Å². The lowest BCUT2D eigenvalue weighted by Gasteiger charge is -2.54. The monoisotopic (exact) mass is 786 g/mol. The van der Waals surface area contributed by atoms with Gasteiger partial charge in [0.2, 0.25) is 0 Å². The summed E-state index contributed by atoms with van der Waals surface area (Å²) in [6.45, 7) is 5.04. The molecule has 0 aromatic heterocycles. The minimum Gasteiger partial charge on any atom is -0.381 e. The summed E-state index contributed by atoms with van der Waals surface area (Å²) in [5.74, 6) is 2.44. The number of ether oxygens (including phenoxy) is 3. The lowest BCUT2D eigenvalue weighted by Crippen LogP contribution is -2.48. The molecule has 0 amide bonds. The number of rotatable bonds is 14. The van der Waals surface area contributed by atoms with Crippen molar-refractivity contribution in [2.45, 2.75) is 203 Å². The number of hydrogen-bond acceptors (Lipinski definition) is 10. The van der Waals surface area contributed by atoms with Crippen molar-refractivity contribution < 1.29 is 46.6 Å². The van der Waals surface area contributed by atoms with Gasteiger partial charge in [-0.05, 0) is 170 Å². The Kier molecular flexibility index (Phi) is 15.5. The topological polar surface area (TPSA) is 138 Å². The van der Waals surface area contributed by atoms with Gasteiger partial charge in [-0.25, -0.2) is 5.26 Å². The van der Waals surface area contributed by atoms with Crippen molar-refractivity contribution in [1.82, 2.24) is 0 Å². The van der Waals surface area contributed by atoms with Gasteiger partial charge in [-0.3, -0.25) is 9.35 Å². The molecule has 6 unspecified atom stereocenters. The summed E-state index contributed by atoms with van der Waals surface area (Å²) in [6.07, 6.45) is 24.3. The molecule has 2 N–H and O–H groups in total. The molecule has 6 fully saturated rings. The third-order valence-electron chi connectivity index (χ3n) is 15.5. The van der Waals surface area contributed by atoms with Crippen LogP contribution in [0.25, 0.3) is 0 Å². The van der Waals surface area contributed by atoms with Crippen LogP contribution in [0, 0.1) is 40.9 Å². The van der Waals surface area contributed by atoms with Crippen molar-refractivity contribution in [1.29, 1.82) is 0 Å². The maximum absolute atomic E-state index is 13.6. The molecular formula is C41H70O10S2. The van der Waals surface area contributed by atoms with Crippen molar-refractivity contribution in [2.24, 2.45) is 40.9 Å². The maximum atomic E-state index is 13.6. The molecule has 10 nitrogen and oxygen atoms in total. The predicted molar refractivity (Wildman–Crippen MR) is 206 cm³/mol. The normalized spacial score (nSPS) is 41.7. The van der Waals surface area contributed by atoms with Crippen LogP contribution in [0.5, 0.6) is 0 Å². The Morgan fingerprint density at radius 3 is 1.70 bits per heavy atom. The van der Waals surface area contributed by atoms with Crippen molar-refractivity contribution in [3.8, 4) is 0 Å². The Labute approximate surface area is 324 Å². The smallest absolute Gasteiger partial charge is 0.267 e. The predicted octanol–water partition coefficient (Wildman–Crippen LogP) is 9.55. The van der Waals surface area contributed by atoms with Crippen molar-refractivity contribution >= 4 is 27.9 Å². The van der Waals surface area contributed by atoms with Gasteiger partial charge < -0.3 is 14.2 Å². The molecule has 0 heterocycles. The highest BCUT2D eigenvalue weighted by atomic mass is 32.2. The van der Waals surface area contributed by atoms with Crippen molar-refractivity contribution in [3.63, 3.8) is 0 Å². The molecule has 6 saturated carbocycles. The fraction of sp³-hybridized carbons (Fsp3) is 0.976. The minimum absolute atomic E-state index is 0.0795. The first-order valence-corrected chi connectivity index (χ1v) is 23.8. The Morgan fingerprint density at radius 1 is 0.660 bits per heavy atom. The molecule has 0 bridgehead atoms. The van der Waals surface area contributed by atoms with Gasteiger partial charge in [-0.2, -0.15) is 8.42 Å². The van der Waals surface area contributed by atoms with Gasteiger partial charge in [-0.1, -0.05) is 25.3 Å². The van der Waals surface area contributed by atoms with E-state index in [4.69, 9.17) is 23.8 Å². The van der Waals surface area contributed by atoms with Crippen molar-refractivity contribution in [3.05, 3.63) is 0 Å². The highest BCUT2D eigenvalue weighted by molar-refractivity contribution is 7.95. The second kappa shape index (κ2) is 19.4. The maximum Gasteiger partial charge on any atom is 0.267 e. The van der Waals surface area contributed by atoms with E-state index < -0.39 is 15.4 Å². The standard InChI is InChI=1S/C41H70O10S2/c1-27-7-16-34(17-8-27)48-35-20-12-31(13-21-35)41(2,30-10-18-33(47-3)19-11-30)32-14-22-36(23-15-32)49-38-24-9-29(26-39(38)52-51-50-43)40(42)28-5-4-6-37(25-28)53(44,45)46/h27-39,43H,4-26H2,1-3H3,(H,44,45,46). The lowest BCUT2D eigenvalue weighted by atomic mass is 9.52. The van der Waals surface area contributed by atoms with Gasteiger partial charge in [0.15, 0.2) is 0 Å². The molecule has 6 atom stereocenters. The number of methoxy groups -OCH3 is 1. The van der Waals surface area contributed by atoms with E-state index in [9.17, 15) is 17.8 Å². The van der Waals surface area contributed by atoms with Crippen molar-refractivity contribution in [2.75, 3.05) is 7.11 Å². The summed E-state index contributed by atoms with van der Waals surface area (Å²) in [5.41, 5.74) is 0.297. The molecule has 6 rings (SSSR count). The molecule has 0 saturated heterocycles. The zero-order valence-corrected chi connectivity index (χ0v) is 34.4. The SMILES string of the molecule is COC1CCC(C(C)(C2CCC(OC3CCC(C)CC3)CC2)C2CCC(OC3CCC(C(=O)C4CCCC(S(=O)(=O)O)C4)CC3SOOO)CC2)CC1. The van der Waals surface area contributed by atoms with Crippen LogP contribution in [0.1, 0.15) is 162 Å². The Bertz CT molecular complexity index is 1230. The summed E-state index contributed by atoms with van der Waals surface area (Å²) >= 11 is 1.02. The summed E-state index contributed by atoms with van der Waals surface area (Å²) in [4.78, 5) is 13.6. The zero-order chi connectivity index (χ0) is 37.6. The highest BCUT2D eigenvalue weighted by Gasteiger charge is 2.50. The van der Waals surface area contributed by atoms with Crippen LogP contribution in [0.2, 0.25) is 0 Å². The van der Waals surface area contributed by atoms with Crippen LogP contribution in [0.4, 0.5) is 0 Å². The molecule has 0 aromatic carbocycles. The minimum atomic E-state index is -4.16. The van der Waals surface area contributed by atoms with Gasteiger partial charge >= 0.3 is 0 Å². The van der Waals surface area contributed by atoms with Crippen LogP contribution in [0.3, 0.4) is 0 Å². The zero-order valence-electron chi connectivity index (χ0n) is 32.7. The molecule has 306 valence electrons. The molecule has 12 heteroatoms. The molecular weight excluding hydrogens is 717 g/mol. The summed E-state index contributed by atoms with van der Waals surface area (Å²) < 4.78 is 57.6. The van der Waals surface area contributed by atoms with Gasteiger partial charge in [0.05, 0.1) is 41.0 Å². The van der Waals surface area contributed by atoms with Gasteiger partial charge in [0.25, 0.3) is 10.1 Å². The van der Waals surface area contributed by atoms with Crippen LogP contribution >= 0.6 is 12.0 Å². The van der Waals surface area contributed by atoms with Gasteiger partial charge in [0, 0.05) is 31.0 Å². The largest absolute Gasteiger partial charge is 0.381 e.